The Kier molecular flexibility index (Phi) is 5.34. The fraction of sp³-hybridized carbons (Fsp3) is 0.727. The molecule has 0 saturated heterocycles. The molecule has 0 aliphatic heterocycles. The summed E-state index contributed by atoms with van der Waals surface area (Å²) in [5.41, 5.74) is -6.03. The number of alkyl halides is 1. The summed E-state index contributed by atoms with van der Waals surface area (Å²) in [6, 6.07) is 0. The van der Waals surface area contributed by atoms with E-state index >= 15 is 4.39 Å². The minimum absolute atomic E-state index is 0.224. The molecule has 0 radical (unpaired) electrons. The van der Waals surface area contributed by atoms with Gasteiger partial charge in [-0.3, -0.25) is 9.59 Å². The Morgan fingerprint density at radius 1 is 1.34 bits per heavy atom. The Labute approximate surface area is 185 Å². The third kappa shape index (κ3) is 2.95. The fourth-order valence-corrected chi connectivity index (χ4v) is 7.66. The fourth-order valence-electron chi connectivity index (χ4n) is 7.39. The summed E-state index contributed by atoms with van der Waals surface area (Å²) >= 11 is 0. The van der Waals surface area contributed by atoms with Crippen LogP contribution >= 0.6 is 7.82 Å². The normalized spacial score (nSPS) is 48.0. The summed E-state index contributed by atoms with van der Waals surface area (Å²) in [5, 5.41) is 22.8. The maximum absolute atomic E-state index is 17.0. The molecule has 0 amide bonds. The van der Waals surface area contributed by atoms with Crippen molar-refractivity contribution in [1.29, 1.82) is 0 Å². The first kappa shape index (κ1) is 23.9. The number of ketones is 2. The van der Waals surface area contributed by atoms with Crippen LogP contribution in [-0.4, -0.2) is 45.8 Å². The van der Waals surface area contributed by atoms with Gasteiger partial charge in [-0.1, -0.05) is 25.5 Å². The summed E-state index contributed by atoms with van der Waals surface area (Å²) in [7, 11) is -5.43. The summed E-state index contributed by atoms with van der Waals surface area (Å²) in [6.45, 7) is 3.80. The van der Waals surface area contributed by atoms with Crippen molar-refractivity contribution in [2.75, 3.05) is 6.61 Å². The average Bonchev–Trinajstić information content (AvgIpc) is 2.89. The van der Waals surface area contributed by atoms with Crippen molar-refractivity contribution in [2.24, 2.45) is 28.6 Å². The Hall–Kier alpha value is -1.22. The number of hydrogen-bond acceptors (Lipinski definition) is 8. The van der Waals surface area contributed by atoms with E-state index in [1.54, 1.807) is 20.8 Å². The molecule has 4 aliphatic rings. The van der Waals surface area contributed by atoms with Crippen LogP contribution in [0.5, 0.6) is 0 Å². The smallest absolute Gasteiger partial charge is 0.191 e. The van der Waals surface area contributed by atoms with Crippen molar-refractivity contribution in [1.82, 2.24) is 0 Å². The van der Waals surface area contributed by atoms with Crippen molar-refractivity contribution in [3.8, 4) is 0 Å². The van der Waals surface area contributed by atoms with E-state index in [4.69, 9.17) is 0 Å². The molecular formula is C22H28FO8P-2. The SMILES string of the molecule is C[C@H]1C[C@H]2[C@@H]3CCC4=CC(=O)C=C[C@]4(C)[C@@]3(F)[C@@H](O)C[C@]2(C)[C@@]1(O)C(=O)COP(=O)([O-])[O-]. The van der Waals surface area contributed by atoms with Crippen LogP contribution in [0.15, 0.2) is 23.8 Å². The Bertz CT molecular complexity index is 973. The number of fused-ring (bicyclic) bond motifs is 5. The van der Waals surface area contributed by atoms with E-state index in [9.17, 15) is 34.2 Å². The van der Waals surface area contributed by atoms with Crippen LogP contribution in [0.2, 0.25) is 0 Å². The van der Waals surface area contributed by atoms with E-state index in [0.717, 1.165) is 0 Å². The highest BCUT2D eigenvalue weighted by Crippen LogP contribution is 2.70. The molecule has 178 valence electrons. The second-order valence-corrected chi connectivity index (χ2v) is 11.5. The summed E-state index contributed by atoms with van der Waals surface area (Å²) in [6.07, 6.45) is 3.54. The molecule has 8 nitrogen and oxygen atoms in total. The molecule has 3 fully saturated rings. The van der Waals surface area contributed by atoms with Gasteiger partial charge in [0.15, 0.2) is 17.2 Å². The van der Waals surface area contributed by atoms with E-state index in [1.807, 2.05) is 0 Å². The van der Waals surface area contributed by atoms with E-state index in [-0.39, 0.29) is 18.6 Å². The second kappa shape index (κ2) is 7.14. The summed E-state index contributed by atoms with van der Waals surface area (Å²) in [5.74, 6) is -3.06. The number of carbonyl (C=O) groups is 2. The predicted molar refractivity (Wildman–Crippen MR) is 106 cm³/mol. The largest absolute Gasteiger partial charge is 0.790 e. The third-order valence-corrected chi connectivity index (χ3v) is 9.45. The molecule has 0 heterocycles. The molecule has 8 atom stereocenters. The molecule has 0 spiro atoms. The summed E-state index contributed by atoms with van der Waals surface area (Å²) < 4.78 is 32.0. The van der Waals surface area contributed by atoms with Crippen molar-refractivity contribution in [2.45, 2.75) is 63.8 Å². The van der Waals surface area contributed by atoms with Crippen molar-refractivity contribution >= 4 is 19.4 Å². The van der Waals surface area contributed by atoms with Gasteiger partial charge in [-0.05, 0) is 56.6 Å². The lowest BCUT2D eigenvalue weighted by molar-refractivity contribution is -0.341. The molecule has 4 aliphatic carbocycles. The lowest BCUT2D eigenvalue weighted by atomic mass is 9.44. The number of carbonyl (C=O) groups excluding carboxylic acids is 2. The summed E-state index contributed by atoms with van der Waals surface area (Å²) in [4.78, 5) is 46.6. The highest BCUT2D eigenvalue weighted by molar-refractivity contribution is 7.43. The molecule has 4 rings (SSSR count). The lowest BCUT2D eigenvalue weighted by Gasteiger charge is -2.62. The Balaban J connectivity index is 1.74. The van der Waals surface area contributed by atoms with Crippen LogP contribution in [-0.2, 0) is 18.7 Å². The van der Waals surface area contributed by atoms with Crippen LogP contribution in [0.3, 0.4) is 0 Å². The van der Waals surface area contributed by atoms with E-state index in [1.165, 1.54) is 18.2 Å². The van der Waals surface area contributed by atoms with Gasteiger partial charge in [0, 0.05) is 16.7 Å². The number of hydrogen-bond donors (Lipinski definition) is 2. The van der Waals surface area contributed by atoms with Gasteiger partial charge in [0.2, 0.25) is 0 Å². The molecular weight excluding hydrogens is 442 g/mol. The first-order chi connectivity index (χ1) is 14.6. The molecule has 3 saturated carbocycles. The van der Waals surface area contributed by atoms with Gasteiger partial charge in [-0.2, -0.15) is 0 Å². The predicted octanol–water partition coefficient (Wildman–Crippen LogP) is 0.749. The third-order valence-electron chi connectivity index (χ3n) is 9.00. The van der Waals surface area contributed by atoms with Gasteiger partial charge >= 0.3 is 0 Å². The lowest BCUT2D eigenvalue weighted by Crippen LogP contribution is -2.69. The minimum Gasteiger partial charge on any atom is -0.790 e. The number of phosphoric acid groups is 1. The number of Topliss-reactive ketones (excluding diaryl/α,β-unsaturated/α-hetero) is 1. The van der Waals surface area contributed by atoms with Crippen LogP contribution in [0, 0.1) is 28.6 Å². The number of rotatable bonds is 4. The van der Waals surface area contributed by atoms with E-state index in [2.05, 4.69) is 4.52 Å². The monoisotopic (exact) mass is 470 g/mol. The quantitative estimate of drug-likeness (QED) is 0.572. The molecule has 0 unspecified atom stereocenters. The zero-order valence-corrected chi connectivity index (χ0v) is 19.1. The van der Waals surface area contributed by atoms with Crippen molar-refractivity contribution < 1.29 is 43.1 Å². The van der Waals surface area contributed by atoms with E-state index < -0.39 is 66.2 Å². The molecule has 2 N–H and O–H groups in total. The first-order valence-electron chi connectivity index (χ1n) is 10.8. The molecule has 32 heavy (non-hydrogen) atoms. The topological polar surface area (TPSA) is 147 Å². The number of aliphatic hydroxyl groups excluding tert-OH is 1. The van der Waals surface area contributed by atoms with Gasteiger partial charge in [0.05, 0.1) is 13.9 Å². The number of phosphoric ester groups is 1. The molecule has 0 aromatic rings. The van der Waals surface area contributed by atoms with Gasteiger partial charge in [0.1, 0.15) is 12.2 Å². The van der Waals surface area contributed by atoms with E-state index in [0.29, 0.717) is 18.4 Å². The highest BCUT2D eigenvalue weighted by Gasteiger charge is 2.75. The second-order valence-electron chi connectivity index (χ2n) is 10.3. The van der Waals surface area contributed by atoms with Crippen LogP contribution in [0.25, 0.3) is 0 Å². The minimum atomic E-state index is -5.43. The van der Waals surface area contributed by atoms with Gasteiger partial charge in [-0.25, -0.2) is 4.39 Å². The maximum atomic E-state index is 17.0. The number of aliphatic hydroxyl groups is 2. The van der Waals surface area contributed by atoms with Crippen LogP contribution in [0.1, 0.15) is 46.5 Å². The molecule has 0 bridgehead atoms. The average molecular weight is 470 g/mol. The number of allylic oxidation sites excluding steroid dienone is 4. The van der Waals surface area contributed by atoms with Gasteiger partial charge in [0.25, 0.3) is 0 Å². The Morgan fingerprint density at radius 3 is 2.62 bits per heavy atom. The maximum Gasteiger partial charge on any atom is 0.191 e. The van der Waals surface area contributed by atoms with Gasteiger partial charge < -0.3 is 29.1 Å². The number of halogens is 1. The van der Waals surface area contributed by atoms with Gasteiger partial charge in [-0.15, -0.1) is 0 Å². The van der Waals surface area contributed by atoms with Crippen LogP contribution < -0.4 is 9.79 Å². The molecule has 10 heteroatoms. The van der Waals surface area contributed by atoms with Crippen LogP contribution in [0.4, 0.5) is 4.39 Å². The van der Waals surface area contributed by atoms with Crippen molar-refractivity contribution in [3.05, 3.63) is 23.8 Å². The zero-order chi connectivity index (χ0) is 23.9. The highest BCUT2D eigenvalue weighted by atomic mass is 31.2. The Morgan fingerprint density at radius 2 is 2.00 bits per heavy atom. The molecule has 0 aromatic heterocycles. The van der Waals surface area contributed by atoms with Crippen molar-refractivity contribution in [3.63, 3.8) is 0 Å². The first-order valence-corrected chi connectivity index (χ1v) is 12.3. The standard InChI is InChI=1S/C22H30FO8P/c1-12-8-16-15-5-4-13-9-14(24)6-7-19(13,2)21(15,23)17(25)10-20(16,3)22(12,27)18(26)11-31-32(28,29)30/h6-7,9,12,15-17,25,27H,4-5,8,10-11H2,1-3H3,(H2,28,29,30)/p-2/t12-,15-,16-,17-,19-,20-,21-,22-/m0/s1. The zero-order valence-electron chi connectivity index (χ0n) is 18.2. The molecule has 0 aromatic carbocycles.